The van der Waals surface area contributed by atoms with Crippen LogP contribution in [0.15, 0.2) is 0 Å². The molecule has 0 aliphatic carbocycles. The van der Waals surface area contributed by atoms with Gasteiger partial charge in [0.2, 0.25) is 0 Å². The van der Waals surface area contributed by atoms with Crippen LogP contribution in [0.1, 0.15) is 34.1 Å². The molecule has 0 aromatic rings. The summed E-state index contributed by atoms with van der Waals surface area (Å²) in [6, 6.07) is 0.102. The maximum absolute atomic E-state index is 12.9. The fourth-order valence-corrected chi connectivity index (χ4v) is 1.23. The number of rotatable bonds is 4. The first-order chi connectivity index (χ1) is 4.63. The molecule has 0 aliphatic heterocycles. The summed E-state index contributed by atoms with van der Waals surface area (Å²) in [5, 5.41) is 0.921. The number of nitrogens with zero attached hydrogens (tertiary/aromatic N) is 1. The molecule has 0 rings (SSSR count). The molecule has 0 fully saturated rings. The Balaban J connectivity index is 3.80. The molecule has 1 atom stereocenters. The van der Waals surface area contributed by atoms with E-state index in [1.807, 2.05) is 13.8 Å². The molecule has 0 radical (unpaired) electrons. The fraction of sp³-hybridized carbons (Fsp3) is 1.00. The zero-order valence-electron chi connectivity index (χ0n) is 7.39. The van der Waals surface area contributed by atoms with Gasteiger partial charge in [-0.15, -0.1) is 9.60 Å². The highest BCUT2D eigenvalue weighted by molar-refractivity contribution is 4.65. The highest BCUT2D eigenvalue weighted by Crippen LogP contribution is 2.13. The quantitative estimate of drug-likeness (QED) is 0.552. The van der Waals surface area contributed by atoms with Gasteiger partial charge < -0.3 is 0 Å². The second-order valence-electron chi connectivity index (χ2n) is 2.94. The Hall–Kier alpha value is -0.110. The minimum atomic E-state index is 0.102. The van der Waals surface area contributed by atoms with Gasteiger partial charge in [-0.05, 0) is 19.3 Å². The molecule has 0 spiro atoms. The standard InChI is InChI=1S/C8H18FN/c1-5-8(7(3)4)10(9)6-2/h7-8H,5-6H2,1-4H3. The lowest BCUT2D eigenvalue weighted by Gasteiger charge is -2.24. The molecule has 10 heavy (non-hydrogen) atoms. The van der Waals surface area contributed by atoms with E-state index in [-0.39, 0.29) is 6.04 Å². The van der Waals surface area contributed by atoms with Crippen LogP contribution in [0, 0.1) is 5.92 Å². The molecule has 0 bridgehead atoms. The topological polar surface area (TPSA) is 3.24 Å². The van der Waals surface area contributed by atoms with Gasteiger partial charge in [0.1, 0.15) is 0 Å². The molecule has 1 nitrogen and oxygen atoms in total. The number of halogens is 1. The molecule has 62 valence electrons. The van der Waals surface area contributed by atoms with Crippen molar-refractivity contribution in [2.45, 2.75) is 40.2 Å². The van der Waals surface area contributed by atoms with E-state index >= 15 is 0 Å². The smallest absolute Gasteiger partial charge is 0.0422 e. The highest BCUT2D eigenvalue weighted by Gasteiger charge is 2.17. The summed E-state index contributed by atoms with van der Waals surface area (Å²) >= 11 is 0. The minimum absolute atomic E-state index is 0.102. The van der Waals surface area contributed by atoms with Crippen LogP contribution >= 0.6 is 0 Å². The average molecular weight is 147 g/mol. The maximum atomic E-state index is 12.9. The lowest BCUT2D eigenvalue weighted by atomic mass is 10.0. The van der Waals surface area contributed by atoms with Crippen molar-refractivity contribution in [2.24, 2.45) is 5.92 Å². The van der Waals surface area contributed by atoms with Gasteiger partial charge in [0, 0.05) is 12.6 Å². The Bertz CT molecular complexity index is 83.3. The van der Waals surface area contributed by atoms with Gasteiger partial charge in [-0.25, -0.2) is 0 Å². The van der Waals surface area contributed by atoms with E-state index in [1.54, 1.807) is 0 Å². The summed E-state index contributed by atoms with van der Waals surface area (Å²) in [4.78, 5) is 0. The molecule has 0 saturated heterocycles. The van der Waals surface area contributed by atoms with Gasteiger partial charge in [-0.1, -0.05) is 20.8 Å². The number of hydrogen-bond donors (Lipinski definition) is 0. The first-order valence-corrected chi connectivity index (χ1v) is 4.05. The van der Waals surface area contributed by atoms with E-state index in [2.05, 4.69) is 13.8 Å². The lowest BCUT2D eigenvalue weighted by molar-refractivity contribution is -0.0361. The Morgan fingerprint density at radius 2 is 1.80 bits per heavy atom. The SMILES string of the molecule is CCC(C(C)C)N(F)CC. The van der Waals surface area contributed by atoms with E-state index < -0.39 is 0 Å². The van der Waals surface area contributed by atoms with Crippen LogP contribution in [-0.4, -0.2) is 17.7 Å². The molecular formula is C8H18FN. The van der Waals surface area contributed by atoms with Crippen LogP contribution in [0.25, 0.3) is 0 Å². The predicted molar refractivity (Wildman–Crippen MR) is 42.4 cm³/mol. The van der Waals surface area contributed by atoms with Crippen molar-refractivity contribution < 1.29 is 4.48 Å². The Morgan fingerprint density at radius 3 is 1.90 bits per heavy atom. The van der Waals surface area contributed by atoms with E-state index in [0.717, 1.165) is 11.5 Å². The number of hydrogen-bond acceptors (Lipinski definition) is 1. The third kappa shape index (κ3) is 2.65. The van der Waals surface area contributed by atoms with E-state index in [4.69, 9.17) is 0 Å². The van der Waals surface area contributed by atoms with E-state index in [9.17, 15) is 4.48 Å². The largest absolute Gasteiger partial charge is 0.143 e. The molecule has 0 aliphatic rings. The molecule has 0 N–H and O–H groups in total. The van der Waals surface area contributed by atoms with Crippen molar-refractivity contribution >= 4 is 0 Å². The summed E-state index contributed by atoms with van der Waals surface area (Å²) in [5.41, 5.74) is 0. The van der Waals surface area contributed by atoms with Crippen LogP contribution < -0.4 is 0 Å². The summed E-state index contributed by atoms with van der Waals surface area (Å²) < 4.78 is 12.9. The normalized spacial score (nSPS) is 14.7. The fourth-order valence-electron chi connectivity index (χ4n) is 1.23. The third-order valence-corrected chi connectivity index (χ3v) is 1.85. The Morgan fingerprint density at radius 1 is 1.30 bits per heavy atom. The molecule has 0 aromatic carbocycles. The first kappa shape index (κ1) is 9.89. The van der Waals surface area contributed by atoms with E-state index in [1.165, 1.54) is 0 Å². The van der Waals surface area contributed by atoms with E-state index in [0.29, 0.717) is 12.5 Å². The molecule has 0 amide bonds. The van der Waals surface area contributed by atoms with Crippen LogP contribution in [-0.2, 0) is 0 Å². The van der Waals surface area contributed by atoms with Crippen LogP contribution in [0.3, 0.4) is 0 Å². The molecular weight excluding hydrogens is 129 g/mol. The van der Waals surface area contributed by atoms with Crippen molar-refractivity contribution in [1.82, 2.24) is 5.12 Å². The Kier molecular flexibility index (Phi) is 4.62. The van der Waals surface area contributed by atoms with Crippen molar-refractivity contribution in [1.29, 1.82) is 0 Å². The molecule has 1 unspecified atom stereocenters. The van der Waals surface area contributed by atoms with Gasteiger partial charge in [-0.3, -0.25) is 0 Å². The zero-order valence-corrected chi connectivity index (χ0v) is 7.39. The van der Waals surface area contributed by atoms with Crippen LogP contribution in [0.5, 0.6) is 0 Å². The van der Waals surface area contributed by atoms with Gasteiger partial charge in [-0.2, -0.15) is 0 Å². The van der Waals surface area contributed by atoms with Crippen LogP contribution in [0.2, 0.25) is 0 Å². The van der Waals surface area contributed by atoms with Crippen LogP contribution in [0.4, 0.5) is 4.48 Å². The van der Waals surface area contributed by atoms with Crippen molar-refractivity contribution in [3.8, 4) is 0 Å². The second-order valence-corrected chi connectivity index (χ2v) is 2.94. The van der Waals surface area contributed by atoms with Gasteiger partial charge in [0.05, 0.1) is 0 Å². The first-order valence-electron chi connectivity index (χ1n) is 4.05. The highest BCUT2D eigenvalue weighted by atomic mass is 19.2. The lowest BCUT2D eigenvalue weighted by Crippen LogP contribution is -2.31. The maximum Gasteiger partial charge on any atom is 0.0422 e. The summed E-state index contributed by atoms with van der Waals surface area (Å²) in [6.07, 6.45) is 0.891. The third-order valence-electron chi connectivity index (χ3n) is 1.85. The molecule has 2 heteroatoms. The minimum Gasteiger partial charge on any atom is -0.143 e. The Labute approximate surface area is 63.2 Å². The zero-order chi connectivity index (χ0) is 8.15. The van der Waals surface area contributed by atoms with Gasteiger partial charge in [0.15, 0.2) is 0 Å². The summed E-state index contributed by atoms with van der Waals surface area (Å²) in [6.45, 7) is 8.46. The van der Waals surface area contributed by atoms with Crippen molar-refractivity contribution in [3.05, 3.63) is 0 Å². The predicted octanol–water partition coefficient (Wildman–Crippen LogP) is 2.63. The summed E-state index contributed by atoms with van der Waals surface area (Å²) in [7, 11) is 0. The van der Waals surface area contributed by atoms with Crippen molar-refractivity contribution in [3.63, 3.8) is 0 Å². The average Bonchev–Trinajstić information content (AvgIpc) is 1.88. The van der Waals surface area contributed by atoms with Gasteiger partial charge in [0.25, 0.3) is 0 Å². The molecule has 0 aromatic heterocycles. The molecule has 0 saturated carbocycles. The second kappa shape index (κ2) is 4.67. The monoisotopic (exact) mass is 147 g/mol. The summed E-state index contributed by atoms with van der Waals surface area (Å²) in [5.74, 6) is 0.412. The van der Waals surface area contributed by atoms with Crippen molar-refractivity contribution in [2.75, 3.05) is 6.54 Å². The molecule has 0 heterocycles. The van der Waals surface area contributed by atoms with Gasteiger partial charge >= 0.3 is 0 Å².